The summed E-state index contributed by atoms with van der Waals surface area (Å²) in [6.07, 6.45) is 0.917. The van der Waals surface area contributed by atoms with Gasteiger partial charge in [-0.1, -0.05) is 30.3 Å². The van der Waals surface area contributed by atoms with E-state index in [-0.39, 0.29) is 30.7 Å². The summed E-state index contributed by atoms with van der Waals surface area (Å²) in [5.74, 6) is -0.284. The van der Waals surface area contributed by atoms with Crippen LogP contribution in [0.1, 0.15) is 42.7 Å². The van der Waals surface area contributed by atoms with Crippen molar-refractivity contribution in [2.24, 2.45) is 0 Å². The van der Waals surface area contributed by atoms with Crippen molar-refractivity contribution < 1.29 is 28.9 Å². The van der Waals surface area contributed by atoms with Crippen molar-refractivity contribution in [3.05, 3.63) is 82.2 Å². The minimum atomic E-state index is -0.585. The Balaban J connectivity index is 1.75. The van der Waals surface area contributed by atoms with E-state index in [0.29, 0.717) is 29.7 Å². The van der Waals surface area contributed by atoms with Crippen molar-refractivity contribution in [1.82, 2.24) is 5.32 Å². The lowest BCUT2D eigenvalue weighted by Gasteiger charge is -2.37. The summed E-state index contributed by atoms with van der Waals surface area (Å²) in [5.41, 5.74) is 4.14. The molecule has 1 aliphatic heterocycles. The minimum absolute atomic E-state index is 0.0302. The van der Waals surface area contributed by atoms with Crippen molar-refractivity contribution in [1.29, 1.82) is 0 Å². The largest absolute Gasteiger partial charge is 0.508 e. The number of ether oxygens (including phenoxy) is 3. The van der Waals surface area contributed by atoms with Crippen LogP contribution in [-0.4, -0.2) is 44.3 Å². The molecule has 0 saturated heterocycles. The van der Waals surface area contributed by atoms with Crippen LogP contribution >= 0.6 is 0 Å². The molecule has 0 radical (unpaired) electrons. The van der Waals surface area contributed by atoms with E-state index in [1.54, 1.807) is 31.4 Å². The van der Waals surface area contributed by atoms with Crippen LogP contribution in [0.4, 0.5) is 0 Å². The Morgan fingerprint density at radius 2 is 1.79 bits per heavy atom. The molecule has 7 heteroatoms. The normalized spacial score (nSPS) is 20.0. The van der Waals surface area contributed by atoms with Crippen molar-refractivity contribution >= 4 is 11.8 Å². The summed E-state index contributed by atoms with van der Waals surface area (Å²) < 4.78 is 16.0. The van der Waals surface area contributed by atoms with Crippen LogP contribution in [0.15, 0.2) is 71.1 Å². The molecule has 2 aliphatic rings. The molecule has 2 N–H and O–H groups in total. The van der Waals surface area contributed by atoms with Gasteiger partial charge in [-0.05, 0) is 42.7 Å². The Morgan fingerprint density at radius 3 is 2.50 bits per heavy atom. The molecule has 4 rings (SSSR count). The number of esters is 1. The highest BCUT2D eigenvalue weighted by Crippen LogP contribution is 2.47. The van der Waals surface area contributed by atoms with Crippen LogP contribution in [0.2, 0.25) is 0 Å². The number of carbonyl (C=O) groups is 2. The van der Waals surface area contributed by atoms with Crippen LogP contribution in [0.5, 0.6) is 11.5 Å². The maximum Gasteiger partial charge on any atom is 0.336 e. The zero-order valence-corrected chi connectivity index (χ0v) is 19.6. The van der Waals surface area contributed by atoms with E-state index < -0.39 is 11.9 Å². The Morgan fingerprint density at radius 1 is 1.06 bits per heavy atom. The highest BCUT2D eigenvalue weighted by Gasteiger charge is 2.41. The number of phenols is 1. The fourth-order valence-electron chi connectivity index (χ4n) is 4.83. The number of hydrogen-bond acceptors (Lipinski definition) is 7. The molecule has 0 amide bonds. The number of carbonyl (C=O) groups excluding carboxylic acids is 2. The predicted molar refractivity (Wildman–Crippen MR) is 127 cm³/mol. The SMILES string of the molecule is COCCOC(=O)C1=C(C)NC2=C(C(=O)CC(c3ccccc3OC)C2)C1c1ccc(O)cc1. The van der Waals surface area contributed by atoms with Gasteiger partial charge in [0, 0.05) is 42.3 Å². The summed E-state index contributed by atoms with van der Waals surface area (Å²) in [6, 6.07) is 14.3. The standard InChI is InChI=1S/C27H29NO6/c1-16-24(27(31)34-13-12-32-2)25(17-8-10-19(29)11-9-17)26-21(28-16)14-18(15-22(26)30)20-6-4-5-7-23(20)33-3/h4-11,18,25,28-29H,12-15H2,1-3H3. The molecule has 2 atom stereocenters. The van der Waals surface area contributed by atoms with Crippen LogP contribution in [-0.2, 0) is 19.1 Å². The lowest BCUT2D eigenvalue weighted by atomic mass is 9.71. The molecule has 178 valence electrons. The van der Waals surface area contributed by atoms with Gasteiger partial charge in [0.25, 0.3) is 0 Å². The first-order valence-corrected chi connectivity index (χ1v) is 11.3. The van der Waals surface area contributed by atoms with Gasteiger partial charge in [-0.2, -0.15) is 0 Å². The number of methoxy groups -OCH3 is 2. The van der Waals surface area contributed by atoms with Gasteiger partial charge in [0.2, 0.25) is 0 Å². The van der Waals surface area contributed by atoms with E-state index in [0.717, 1.165) is 22.6 Å². The van der Waals surface area contributed by atoms with Gasteiger partial charge in [-0.15, -0.1) is 0 Å². The molecule has 2 aromatic rings. The molecule has 0 bridgehead atoms. The molecule has 0 spiro atoms. The van der Waals surface area contributed by atoms with Crippen molar-refractivity contribution in [2.45, 2.75) is 31.6 Å². The molecule has 7 nitrogen and oxygen atoms in total. The topological polar surface area (TPSA) is 94.1 Å². The molecular weight excluding hydrogens is 434 g/mol. The van der Waals surface area contributed by atoms with Gasteiger partial charge in [0.05, 0.1) is 19.3 Å². The Labute approximate surface area is 199 Å². The van der Waals surface area contributed by atoms with E-state index in [2.05, 4.69) is 5.32 Å². The first-order valence-electron chi connectivity index (χ1n) is 11.3. The second-order valence-electron chi connectivity index (χ2n) is 8.48. The second kappa shape index (κ2) is 10.1. The molecule has 1 aliphatic carbocycles. The lowest BCUT2D eigenvalue weighted by Crippen LogP contribution is -2.36. The van der Waals surface area contributed by atoms with Crippen LogP contribution in [0.25, 0.3) is 0 Å². The number of dihydropyridines is 1. The maximum atomic E-state index is 13.6. The fourth-order valence-corrected chi connectivity index (χ4v) is 4.83. The van der Waals surface area contributed by atoms with Gasteiger partial charge in [-0.3, -0.25) is 4.79 Å². The van der Waals surface area contributed by atoms with E-state index in [1.807, 2.05) is 31.2 Å². The average molecular weight is 464 g/mol. The number of ketones is 1. The average Bonchev–Trinajstić information content (AvgIpc) is 2.83. The Hall–Kier alpha value is -3.58. The van der Waals surface area contributed by atoms with Gasteiger partial charge < -0.3 is 24.6 Å². The van der Waals surface area contributed by atoms with Crippen LogP contribution in [0.3, 0.4) is 0 Å². The van der Waals surface area contributed by atoms with Crippen molar-refractivity contribution in [3.8, 4) is 11.5 Å². The third-order valence-corrected chi connectivity index (χ3v) is 6.37. The van der Waals surface area contributed by atoms with E-state index in [9.17, 15) is 14.7 Å². The van der Waals surface area contributed by atoms with Crippen molar-refractivity contribution in [3.63, 3.8) is 0 Å². The zero-order valence-electron chi connectivity index (χ0n) is 19.6. The molecule has 34 heavy (non-hydrogen) atoms. The van der Waals surface area contributed by atoms with E-state index in [4.69, 9.17) is 14.2 Å². The van der Waals surface area contributed by atoms with Gasteiger partial charge in [0.1, 0.15) is 18.1 Å². The molecular formula is C27H29NO6. The number of allylic oxidation sites excluding steroid dienone is 3. The number of hydrogen-bond donors (Lipinski definition) is 2. The number of para-hydroxylation sites is 1. The highest BCUT2D eigenvalue weighted by molar-refractivity contribution is 6.04. The number of aromatic hydroxyl groups is 1. The summed E-state index contributed by atoms with van der Waals surface area (Å²) in [7, 11) is 3.16. The summed E-state index contributed by atoms with van der Waals surface area (Å²) in [6.45, 7) is 2.22. The van der Waals surface area contributed by atoms with E-state index >= 15 is 0 Å². The molecule has 2 unspecified atom stereocenters. The van der Waals surface area contributed by atoms with Crippen molar-refractivity contribution in [2.75, 3.05) is 27.4 Å². The van der Waals surface area contributed by atoms with Crippen LogP contribution < -0.4 is 10.1 Å². The first kappa shape index (κ1) is 23.6. The lowest BCUT2D eigenvalue weighted by molar-refractivity contribution is -0.140. The van der Waals surface area contributed by atoms with Gasteiger partial charge in [-0.25, -0.2) is 4.79 Å². The monoisotopic (exact) mass is 463 g/mol. The van der Waals surface area contributed by atoms with Gasteiger partial charge in [0.15, 0.2) is 5.78 Å². The van der Waals surface area contributed by atoms with Gasteiger partial charge >= 0.3 is 5.97 Å². The molecule has 0 fully saturated rings. The highest BCUT2D eigenvalue weighted by atomic mass is 16.6. The Bertz CT molecular complexity index is 1150. The number of benzene rings is 2. The number of nitrogens with one attached hydrogen (secondary N) is 1. The number of rotatable bonds is 7. The second-order valence-corrected chi connectivity index (χ2v) is 8.48. The summed E-state index contributed by atoms with van der Waals surface area (Å²) in [4.78, 5) is 26.7. The minimum Gasteiger partial charge on any atom is -0.508 e. The third-order valence-electron chi connectivity index (χ3n) is 6.37. The third kappa shape index (κ3) is 4.56. The molecule has 0 aromatic heterocycles. The predicted octanol–water partition coefficient (Wildman–Crippen LogP) is 3.95. The van der Waals surface area contributed by atoms with Crippen LogP contribution in [0, 0.1) is 0 Å². The molecule has 0 saturated carbocycles. The molecule has 2 aromatic carbocycles. The Kier molecular flexibility index (Phi) is 7.03. The smallest absolute Gasteiger partial charge is 0.336 e. The summed E-state index contributed by atoms with van der Waals surface area (Å²) >= 11 is 0. The fraction of sp³-hybridized carbons (Fsp3) is 0.333. The first-order chi connectivity index (χ1) is 16.4. The van der Waals surface area contributed by atoms with E-state index in [1.165, 1.54) is 7.11 Å². The number of Topliss-reactive ketones (excluding diaryl/α,β-unsaturated/α-hetero) is 1. The summed E-state index contributed by atoms with van der Waals surface area (Å²) in [5, 5.41) is 13.1. The quantitative estimate of drug-likeness (QED) is 0.474. The molecule has 1 heterocycles. The number of phenolic OH excluding ortho intramolecular Hbond substituents is 1. The zero-order chi connectivity index (χ0) is 24.2. The maximum absolute atomic E-state index is 13.6.